The summed E-state index contributed by atoms with van der Waals surface area (Å²) in [5.74, 6) is 5.46. The van der Waals surface area contributed by atoms with Gasteiger partial charge in [-0.15, -0.1) is 0 Å². The maximum absolute atomic E-state index is 12.5. The molecule has 1 rings (SSSR count). The second-order valence-electron chi connectivity index (χ2n) is 3.74. The van der Waals surface area contributed by atoms with Crippen LogP contribution in [-0.2, 0) is 6.18 Å². The van der Waals surface area contributed by atoms with E-state index in [0.717, 1.165) is 25.0 Å². The number of halogens is 4. The van der Waals surface area contributed by atoms with Gasteiger partial charge in [0.2, 0.25) is 0 Å². The van der Waals surface area contributed by atoms with Gasteiger partial charge in [0.05, 0.1) is 10.6 Å². The Kier molecular flexibility index (Phi) is 5.52. The lowest BCUT2D eigenvalue weighted by Gasteiger charge is -2.07. The van der Waals surface area contributed by atoms with Crippen molar-refractivity contribution in [2.24, 2.45) is 5.73 Å². The number of hydrogen-bond donors (Lipinski definition) is 1. The predicted octanol–water partition coefficient (Wildman–Crippen LogP) is 3.84. The zero-order chi connectivity index (χ0) is 13.6. The van der Waals surface area contributed by atoms with Crippen LogP contribution in [0.15, 0.2) is 18.2 Å². The maximum atomic E-state index is 12.5. The Morgan fingerprint density at radius 1 is 1.22 bits per heavy atom. The van der Waals surface area contributed by atoms with Crippen LogP contribution >= 0.6 is 11.6 Å². The summed E-state index contributed by atoms with van der Waals surface area (Å²) in [6, 6.07) is 3.13. The van der Waals surface area contributed by atoms with Gasteiger partial charge in [0, 0.05) is 12.0 Å². The van der Waals surface area contributed by atoms with Gasteiger partial charge in [0.15, 0.2) is 0 Å². The molecule has 0 aliphatic carbocycles. The fraction of sp³-hybridized carbons (Fsp3) is 0.385. The van der Waals surface area contributed by atoms with Gasteiger partial charge in [0.1, 0.15) is 0 Å². The summed E-state index contributed by atoms with van der Waals surface area (Å²) in [4.78, 5) is 0. The molecular formula is C13H13ClF3N. The average molecular weight is 276 g/mol. The molecule has 0 bridgehead atoms. The van der Waals surface area contributed by atoms with Gasteiger partial charge in [0.25, 0.3) is 0 Å². The lowest BCUT2D eigenvalue weighted by Crippen LogP contribution is -2.04. The Hall–Kier alpha value is -1.18. The van der Waals surface area contributed by atoms with E-state index in [-0.39, 0.29) is 10.6 Å². The van der Waals surface area contributed by atoms with Crippen molar-refractivity contribution < 1.29 is 13.2 Å². The van der Waals surface area contributed by atoms with Crippen molar-refractivity contribution in [1.29, 1.82) is 0 Å². The molecule has 1 nitrogen and oxygen atoms in total. The molecule has 0 atom stereocenters. The second-order valence-corrected chi connectivity index (χ2v) is 4.15. The standard InChI is InChI=1S/C13H13ClF3N/c14-12-7-6-11(13(15,16)17)9-10(12)5-3-1-2-4-8-18/h6-7,9H,1-2,4,8,18H2. The number of rotatable bonds is 3. The smallest absolute Gasteiger partial charge is 0.330 e. The third kappa shape index (κ3) is 4.59. The van der Waals surface area contributed by atoms with E-state index in [9.17, 15) is 13.2 Å². The summed E-state index contributed by atoms with van der Waals surface area (Å²) < 4.78 is 37.4. The minimum Gasteiger partial charge on any atom is -0.330 e. The Bertz CT molecular complexity index is 458. The van der Waals surface area contributed by atoms with Gasteiger partial charge in [-0.2, -0.15) is 13.2 Å². The summed E-state index contributed by atoms with van der Waals surface area (Å²) in [6.07, 6.45) is -2.09. The van der Waals surface area contributed by atoms with Crippen molar-refractivity contribution in [2.45, 2.75) is 25.4 Å². The number of hydrogen-bond acceptors (Lipinski definition) is 1. The van der Waals surface area contributed by atoms with Crippen molar-refractivity contribution in [1.82, 2.24) is 0 Å². The van der Waals surface area contributed by atoms with Crippen LogP contribution < -0.4 is 5.73 Å². The van der Waals surface area contributed by atoms with Crippen molar-refractivity contribution >= 4 is 11.6 Å². The van der Waals surface area contributed by atoms with E-state index < -0.39 is 11.7 Å². The first-order valence-electron chi connectivity index (χ1n) is 5.51. The Labute approximate surface area is 109 Å². The van der Waals surface area contributed by atoms with Gasteiger partial charge in [-0.3, -0.25) is 0 Å². The molecule has 0 saturated heterocycles. The molecule has 1 aromatic carbocycles. The molecular weight excluding hydrogens is 263 g/mol. The van der Waals surface area contributed by atoms with Gasteiger partial charge < -0.3 is 5.73 Å². The van der Waals surface area contributed by atoms with Crippen LogP contribution in [0.4, 0.5) is 13.2 Å². The molecule has 0 fully saturated rings. The molecule has 0 radical (unpaired) electrons. The summed E-state index contributed by atoms with van der Waals surface area (Å²) in [5, 5.41) is 0.231. The third-order valence-corrected chi connectivity index (χ3v) is 2.60. The fourth-order valence-corrected chi connectivity index (χ4v) is 1.48. The number of benzene rings is 1. The molecule has 0 saturated carbocycles. The molecule has 0 aliphatic heterocycles. The lowest BCUT2D eigenvalue weighted by molar-refractivity contribution is -0.137. The van der Waals surface area contributed by atoms with Crippen LogP contribution in [-0.4, -0.2) is 6.54 Å². The fourth-order valence-electron chi connectivity index (χ4n) is 1.31. The number of unbranched alkanes of at least 4 members (excludes halogenated alkanes) is 2. The first-order chi connectivity index (χ1) is 8.45. The molecule has 0 heterocycles. The number of nitrogens with two attached hydrogens (primary N) is 1. The van der Waals surface area contributed by atoms with E-state index in [1.54, 1.807) is 0 Å². The van der Waals surface area contributed by atoms with Gasteiger partial charge in [-0.1, -0.05) is 23.4 Å². The first kappa shape index (κ1) is 14.9. The summed E-state index contributed by atoms with van der Waals surface area (Å²) in [6.45, 7) is 0.589. The van der Waals surface area contributed by atoms with Gasteiger partial charge in [-0.25, -0.2) is 0 Å². The quantitative estimate of drug-likeness (QED) is 0.658. The Morgan fingerprint density at radius 2 is 1.94 bits per heavy atom. The highest BCUT2D eigenvalue weighted by atomic mass is 35.5. The van der Waals surface area contributed by atoms with Crippen LogP contribution in [0.25, 0.3) is 0 Å². The minimum atomic E-state index is -4.37. The van der Waals surface area contributed by atoms with Crippen LogP contribution in [0.2, 0.25) is 5.02 Å². The minimum absolute atomic E-state index is 0.208. The van der Waals surface area contributed by atoms with Crippen molar-refractivity contribution in [2.75, 3.05) is 6.54 Å². The van der Waals surface area contributed by atoms with Crippen LogP contribution in [0.3, 0.4) is 0 Å². The molecule has 0 spiro atoms. The molecule has 0 aliphatic rings. The Balaban J connectivity index is 2.82. The lowest BCUT2D eigenvalue weighted by atomic mass is 10.1. The van der Waals surface area contributed by atoms with Crippen LogP contribution in [0.1, 0.15) is 30.4 Å². The van der Waals surface area contributed by atoms with Crippen LogP contribution in [0, 0.1) is 11.8 Å². The Morgan fingerprint density at radius 3 is 2.56 bits per heavy atom. The summed E-state index contributed by atoms with van der Waals surface area (Å²) >= 11 is 5.80. The van der Waals surface area contributed by atoms with Gasteiger partial charge in [-0.05, 0) is 37.6 Å². The SMILES string of the molecule is NCCCCC#Cc1cc(C(F)(F)F)ccc1Cl. The molecule has 0 aromatic heterocycles. The van der Waals surface area contributed by atoms with E-state index in [1.807, 2.05) is 0 Å². The highest BCUT2D eigenvalue weighted by molar-refractivity contribution is 6.31. The second kappa shape index (κ2) is 6.67. The van der Waals surface area contributed by atoms with Crippen molar-refractivity contribution in [3.63, 3.8) is 0 Å². The first-order valence-corrected chi connectivity index (χ1v) is 5.88. The zero-order valence-corrected chi connectivity index (χ0v) is 10.4. The van der Waals surface area contributed by atoms with E-state index >= 15 is 0 Å². The van der Waals surface area contributed by atoms with E-state index in [2.05, 4.69) is 11.8 Å². The summed E-state index contributed by atoms with van der Waals surface area (Å²) in [5.41, 5.74) is 4.79. The molecule has 18 heavy (non-hydrogen) atoms. The highest BCUT2D eigenvalue weighted by Crippen LogP contribution is 2.31. The zero-order valence-electron chi connectivity index (χ0n) is 9.65. The maximum Gasteiger partial charge on any atom is 0.416 e. The third-order valence-electron chi connectivity index (χ3n) is 2.27. The molecule has 2 N–H and O–H groups in total. The topological polar surface area (TPSA) is 26.0 Å². The monoisotopic (exact) mass is 275 g/mol. The normalized spacial score (nSPS) is 10.9. The average Bonchev–Trinajstić information content (AvgIpc) is 2.29. The molecule has 1 aromatic rings. The molecule has 0 unspecified atom stereocenters. The van der Waals surface area contributed by atoms with Crippen molar-refractivity contribution in [3.05, 3.63) is 34.3 Å². The molecule has 5 heteroatoms. The summed E-state index contributed by atoms with van der Waals surface area (Å²) in [7, 11) is 0. The van der Waals surface area contributed by atoms with E-state index in [1.165, 1.54) is 6.07 Å². The van der Waals surface area contributed by atoms with Crippen LogP contribution in [0.5, 0.6) is 0 Å². The molecule has 98 valence electrons. The largest absolute Gasteiger partial charge is 0.416 e. The predicted molar refractivity (Wildman–Crippen MR) is 66.2 cm³/mol. The number of alkyl halides is 3. The highest BCUT2D eigenvalue weighted by Gasteiger charge is 2.30. The van der Waals surface area contributed by atoms with E-state index in [4.69, 9.17) is 17.3 Å². The molecule has 0 amide bonds. The van der Waals surface area contributed by atoms with Crippen molar-refractivity contribution in [3.8, 4) is 11.8 Å². The van der Waals surface area contributed by atoms with Gasteiger partial charge >= 0.3 is 6.18 Å². The van der Waals surface area contributed by atoms with E-state index in [0.29, 0.717) is 13.0 Å².